The van der Waals surface area contributed by atoms with Gasteiger partial charge in [0.25, 0.3) is 5.91 Å². The highest BCUT2D eigenvalue weighted by Gasteiger charge is 2.39. The predicted molar refractivity (Wildman–Crippen MR) is 111 cm³/mol. The van der Waals surface area contributed by atoms with Crippen LogP contribution in [0.3, 0.4) is 0 Å². The molecule has 0 spiro atoms. The maximum absolute atomic E-state index is 12.9. The Morgan fingerprint density at radius 3 is 2.68 bits per heavy atom. The topological polar surface area (TPSA) is 67.9 Å². The van der Waals surface area contributed by atoms with Gasteiger partial charge in [0.15, 0.2) is 6.61 Å². The Morgan fingerprint density at radius 2 is 1.93 bits per heavy atom. The summed E-state index contributed by atoms with van der Waals surface area (Å²) in [5, 5.41) is 0. The maximum Gasteiger partial charge on any atom is 0.260 e. The third-order valence-corrected chi connectivity index (χ3v) is 6.96. The van der Waals surface area contributed by atoms with E-state index in [1.165, 1.54) is 5.56 Å². The summed E-state index contributed by atoms with van der Waals surface area (Å²) in [5.41, 5.74) is 1.20. The van der Waals surface area contributed by atoms with Crippen LogP contribution in [0.25, 0.3) is 0 Å². The summed E-state index contributed by atoms with van der Waals surface area (Å²) in [4.78, 5) is 14.8. The van der Waals surface area contributed by atoms with Crippen LogP contribution in [-0.4, -0.2) is 65.1 Å². The van der Waals surface area contributed by atoms with Crippen LogP contribution in [0.15, 0.2) is 24.3 Å². The van der Waals surface area contributed by atoms with Crippen molar-refractivity contribution >= 4 is 21.5 Å². The standard InChI is InChI=1S/C21H30N2O4S/c1-28(2,25)22-18-11-12-23-19(18)13-26-16-9-7-15(8-10-16)17-5-3-4-6-20(17)27-14-21(23)24/h3-6,15-16,18-19H,1,7-14H2,2H3,(H,22,25)/t15?,16?,18-,19?,28?/m0/s1. The molecular weight excluding hydrogens is 376 g/mol. The molecule has 6 nitrogen and oxygen atoms in total. The average Bonchev–Trinajstić information content (AvgIpc) is 3.05. The van der Waals surface area contributed by atoms with Crippen LogP contribution in [0, 0.1) is 0 Å². The summed E-state index contributed by atoms with van der Waals surface area (Å²) in [7, 11) is -2.36. The van der Waals surface area contributed by atoms with Crippen molar-refractivity contribution in [2.24, 2.45) is 0 Å². The number of carbonyl (C=O) groups is 1. The second-order valence-corrected chi connectivity index (χ2v) is 10.6. The predicted octanol–water partition coefficient (Wildman–Crippen LogP) is 1.94. The lowest BCUT2D eigenvalue weighted by atomic mass is 9.82. The van der Waals surface area contributed by atoms with E-state index in [0.717, 1.165) is 37.9 Å². The molecule has 5 rings (SSSR count). The zero-order valence-electron chi connectivity index (χ0n) is 16.5. The minimum atomic E-state index is -2.36. The fourth-order valence-electron chi connectivity index (χ4n) is 4.77. The van der Waals surface area contributed by atoms with E-state index >= 15 is 0 Å². The van der Waals surface area contributed by atoms with Gasteiger partial charge >= 0.3 is 0 Å². The van der Waals surface area contributed by atoms with E-state index in [9.17, 15) is 9.00 Å². The SMILES string of the molecule is C=S(C)(=O)N[C@H]1CCN2C(=O)COc3ccccc3C3CCC(CC3)OCC12. The monoisotopic (exact) mass is 406 g/mol. The van der Waals surface area contributed by atoms with Gasteiger partial charge in [0, 0.05) is 28.6 Å². The van der Waals surface area contributed by atoms with Gasteiger partial charge in [0.1, 0.15) is 5.75 Å². The van der Waals surface area contributed by atoms with Crippen molar-refractivity contribution in [2.45, 2.75) is 56.2 Å². The molecule has 7 heteroatoms. The number of benzene rings is 1. The normalized spacial score (nSPS) is 32.9. The van der Waals surface area contributed by atoms with E-state index in [0.29, 0.717) is 19.1 Å². The van der Waals surface area contributed by atoms with E-state index < -0.39 is 9.71 Å². The molecule has 2 unspecified atom stereocenters. The lowest BCUT2D eigenvalue weighted by molar-refractivity contribution is -0.136. The number of nitrogens with one attached hydrogen (secondary N) is 1. The smallest absolute Gasteiger partial charge is 0.260 e. The first-order valence-corrected chi connectivity index (χ1v) is 12.3. The average molecular weight is 407 g/mol. The first-order valence-electron chi connectivity index (χ1n) is 10.1. The quantitative estimate of drug-likeness (QED) is 0.763. The summed E-state index contributed by atoms with van der Waals surface area (Å²) < 4.78 is 27.6. The summed E-state index contributed by atoms with van der Waals surface area (Å²) in [6.45, 7) is 1.09. The van der Waals surface area contributed by atoms with E-state index in [4.69, 9.17) is 9.47 Å². The van der Waals surface area contributed by atoms with Crippen molar-refractivity contribution < 1.29 is 18.5 Å². The van der Waals surface area contributed by atoms with Crippen LogP contribution in [0.5, 0.6) is 5.75 Å². The Balaban J connectivity index is 1.59. The molecule has 1 amide bonds. The van der Waals surface area contributed by atoms with Crippen LogP contribution >= 0.6 is 0 Å². The van der Waals surface area contributed by atoms with Gasteiger partial charge in [-0.1, -0.05) is 18.2 Å². The molecule has 3 atom stereocenters. The number of ether oxygens (including phenoxy) is 2. The number of carbonyl (C=O) groups excluding carboxylic acids is 1. The molecule has 4 aliphatic rings. The number of rotatable bonds is 2. The molecule has 3 heterocycles. The number of hydrogen-bond donors (Lipinski definition) is 1. The van der Waals surface area contributed by atoms with Gasteiger partial charge in [-0.15, -0.1) is 0 Å². The van der Waals surface area contributed by atoms with Gasteiger partial charge in [0.2, 0.25) is 0 Å². The molecule has 3 aliphatic heterocycles. The second kappa shape index (κ2) is 8.05. The molecule has 1 saturated carbocycles. The van der Waals surface area contributed by atoms with Gasteiger partial charge in [-0.3, -0.25) is 9.00 Å². The Morgan fingerprint density at radius 1 is 1.18 bits per heavy atom. The molecule has 154 valence electrons. The van der Waals surface area contributed by atoms with Crippen molar-refractivity contribution in [1.29, 1.82) is 0 Å². The van der Waals surface area contributed by atoms with Crippen molar-refractivity contribution in [3.8, 4) is 5.75 Å². The Kier molecular flexibility index (Phi) is 5.67. The number of nitrogens with zero attached hydrogens (tertiary/aromatic N) is 1. The van der Waals surface area contributed by atoms with Crippen molar-refractivity contribution in [3.05, 3.63) is 29.8 Å². The molecule has 1 aliphatic carbocycles. The lowest BCUT2D eigenvalue weighted by Crippen LogP contribution is -2.50. The molecule has 2 fully saturated rings. The fourth-order valence-corrected chi connectivity index (χ4v) is 5.69. The molecule has 1 aromatic rings. The molecule has 1 saturated heterocycles. The van der Waals surface area contributed by atoms with Crippen LogP contribution < -0.4 is 9.46 Å². The fraction of sp³-hybridized carbons (Fsp3) is 0.619. The van der Waals surface area contributed by atoms with Crippen LogP contribution in [-0.2, 0) is 19.2 Å². The van der Waals surface area contributed by atoms with Gasteiger partial charge in [0.05, 0.1) is 18.8 Å². The maximum atomic E-state index is 12.9. The number of fused-ring (bicyclic) bond motifs is 5. The number of amides is 1. The number of hydrogen-bond acceptors (Lipinski definition) is 4. The van der Waals surface area contributed by atoms with Gasteiger partial charge in [-0.05, 0) is 55.5 Å². The molecule has 0 aromatic heterocycles. The van der Waals surface area contributed by atoms with E-state index in [1.54, 1.807) is 6.26 Å². The minimum Gasteiger partial charge on any atom is -0.483 e. The Hall–Kier alpha value is -1.57. The molecule has 2 bridgehead atoms. The zero-order chi connectivity index (χ0) is 19.7. The van der Waals surface area contributed by atoms with Crippen LogP contribution in [0.2, 0.25) is 0 Å². The Labute approximate surface area is 167 Å². The van der Waals surface area contributed by atoms with Crippen molar-refractivity contribution in [3.63, 3.8) is 0 Å². The van der Waals surface area contributed by atoms with Crippen molar-refractivity contribution in [2.75, 3.05) is 26.0 Å². The van der Waals surface area contributed by atoms with E-state index in [2.05, 4.69) is 16.7 Å². The number of para-hydroxylation sites is 1. The van der Waals surface area contributed by atoms with Crippen LogP contribution in [0.1, 0.15) is 43.6 Å². The van der Waals surface area contributed by atoms with Gasteiger partial charge < -0.3 is 14.4 Å². The van der Waals surface area contributed by atoms with Crippen LogP contribution in [0.4, 0.5) is 0 Å². The summed E-state index contributed by atoms with van der Waals surface area (Å²) in [6, 6.07) is 7.86. The second-order valence-electron chi connectivity index (χ2n) is 8.31. The Bertz CT molecular complexity index is 817. The van der Waals surface area contributed by atoms with E-state index in [-0.39, 0.29) is 30.7 Å². The molecular formula is C21H30N2O4S. The molecule has 1 N–H and O–H groups in total. The highest BCUT2D eigenvalue weighted by molar-refractivity contribution is 7.97. The summed E-state index contributed by atoms with van der Waals surface area (Å²) >= 11 is 0. The lowest BCUT2D eigenvalue weighted by Gasteiger charge is -2.32. The molecule has 1 aromatic carbocycles. The highest BCUT2D eigenvalue weighted by atomic mass is 32.2. The summed E-state index contributed by atoms with van der Waals surface area (Å²) in [6.07, 6.45) is 6.71. The van der Waals surface area contributed by atoms with E-state index in [1.807, 2.05) is 23.1 Å². The minimum absolute atomic E-state index is 0.0161. The summed E-state index contributed by atoms with van der Waals surface area (Å²) in [5.74, 6) is 4.94. The van der Waals surface area contributed by atoms with Crippen molar-refractivity contribution in [1.82, 2.24) is 9.62 Å². The highest BCUT2D eigenvalue weighted by Crippen LogP contribution is 2.38. The first kappa shape index (κ1) is 19.7. The van der Waals surface area contributed by atoms with Gasteiger partial charge in [-0.25, -0.2) is 4.72 Å². The molecule has 28 heavy (non-hydrogen) atoms. The zero-order valence-corrected chi connectivity index (χ0v) is 17.3. The largest absolute Gasteiger partial charge is 0.483 e. The first-order chi connectivity index (χ1) is 13.4. The van der Waals surface area contributed by atoms with Gasteiger partial charge in [-0.2, -0.15) is 0 Å². The third kappa shape index (κ3) is 4.36. The third-order valence-electron chi connectivity index (χ3n) is 6.15. The molecule has 0 radical (unpaired) electrons.